The van der Waals surface area contributed by atoms with Crippen LogP contribution in [0.5, 0.6) is 5.75 Å². The number of unbranched alkanes of at least 4 members (excludes halogenated alkanes) is 2. The van der Waals surface area contributed by atoms with Gasteiger partial charge in [-0.25, -0.2) is 19.2 Å². The lowest BCUT2D eigenvalue weighted by atomic mass is 9.96. The van der Waals surface area contributed by atoms with Gasteiger partial charge in [0.1, 0.15) is 29.7 Å². The number of anilines is 2. The SMILES string of the molecule is CNc1ccc(OCc2ccc(F)c(C(F)(F)F)c2)c(CNCCO)c1.O=Cc1cnc(N2CCC(CN3CCN(C(=O)NCCCCCN4CCN(CC(O)Cn5c6ccc(Br)cc6c6cc(Br)ccc65)CC4)CC3)CC2)cn1. The Morgan fingerprint density at radius 3 is 2.12 bits per heavy atom. The van der Waals surface area contributed by atoms with E-state index in [4.69, 9.17) is 9.84 Å². The van der Waals surface area contributed by atoms with Gasteiger partial charge < -0.3 is 50.2 Å². The van der Waals surface area contributed by atoms with Crippen LogP contribution in [0.25, 0.3) is 21.8 Å². The summed E-state index contributed by atoms with van der Waals surface area (Å²) in [7, 11) is 1.76. The Morgan fingerprint density at radius 2 is 1.49 bits per heavy atom. The number of β-amino-alcohol motifs (C(OH)–C–C–N with tert-alkyl or cyclic N) is 1. The lowest BCUT2D eigenvalue weighted by molar-refractivity contribution is -0.140. The average Bonchev–Trinajstić information content (AvgIpc) is 3.94. The van der Waals surface area contributed by atoms with Gasteiger partial charge in [0.15, 0.2) is 6.29 Å². The molecule has 3 aliphatic rings. The van der Waals surface area contributed by atoms with Gasteiger partial charge in [0.2, 0.25) is 0 Å². The van der Waals surface area contributed by atoms with E-state index in [1.165, 1.54) is 23.0 Å². The number of halogens is 6. The molecule has 3 fully saturated rings. The van der Waals surface area contributed by atoms with Crippen LogP contribution < -0.4 is 25.6 Å². The minimum Gasteiger partial charge on any atom is -0.489 e. The van der Waals surface area contributed by atoms with Crippen LogP contribution in [-0.4, -0.2) is 175 Å². The highest BCUT2D eigenvalue weighted by Crippen LogP contribution is 2.35. The number of nitrogens with one attached hydrogen (secondary N) is 3. The number of ether oxygens (including phenoxy) is 1. The predicted molar refractivity (Wildman–Crippen MR) is 312 cm³/mol. The van der Waals surface area contributed by atoms with E-state index >= 15 is 0 Å². The fourth-order valence-electron chi connectivity index (χ4n) is 10.7. The molecule has 0 aliphatic carbocycles. The topological polar surface area (TPSA) is 167 Å². The molecule has 4 aromatic carbocycles. The molecule has 9 rings (SSSR count). The number of carbonyl (C=O) groups excluding carboxylic acids is 2. The highest BCUT2D eigenvalue weighted by atomic mass is 79.9. The Morgan fingerprint density at radius 1 is 0.800 bits per heavy atom. The second-order valence-electron chi connectivity index (χ2n) is 20.7. The zero-order valence-corrected chi connectivity index (χ0v) is 48.4. The summed E-state index contributed by atoms with van der Waals surface area (Å²) < 4.78 is 61.8. The van der Waals surface area contributed by atoms with Gasteiger partial charge in [0.05, 0.1) is 37.2 Å². The maximum absolute atomic E-state index is 13.4. The van der Waals surface area contributed by atoms with Crippen LogP contribution in [0.3, 0.4) is 0 Å². The lowest BCUT2D eigenvalue weighted by Gasteiger charge is -2.39. The molecule has 0 radical (unpaired) electrons. The summed E-state index contributed by atoms with van der Waals surface area (Å²) in [5.74, 6) is 0.674. The summed E-state index contributed by atoms with van der Waals surface area (Å²) >= 11 is 7.25. The largest absolute Gasteiger partial charge is 0.489 e. The Balaban J connectivity index is 0.000000271. The van der Waals surface area contributed by atoms with Gasteiger partial charge in [0.25, 0.3) is 0 Å². The van der Waals surface area contributed by atoms with E-state index in [1.807, 2.05) is 11.0 Å². The van der Waals surface area contributed by atoms with Gasteiger partial charge in [-0.05, 0) is 110 Å². The number of nitrogens with zero attached hydrogens (tertiary/aromatic N) is 8. The summed E-state index contributed by atoms with van der Waals surface area (Å²) in [6.45, 7) is 14.1. The lowest BCUT2D eigenvalue weighted by Crippen LogP contribution is -2.53. The zero-order valence-electron chi connectivity index (χ0n) is 45.3. The van der Waals surface area contributed by atoms with E-state index in [2.05, 4.69) is 118 Å². The Bertz CT molecular complexity index is 2890. The van der Waals surface area contributed by atoms with Crippen molar-refractivity contribution < 1.29 is 42.1 Å². The summed E-state index contributed by atoms with van der Waals surface area (Å²) in [6, 6.07) is 20.9. The first-order chi connectivity index (χ1) is 38.7. The van der Waals surface area contributed by atoms with Crippen LogP contribution >= 0.6 is 31.9 Å². The molecule has 1 unspecified atom stereocenters. The molecule has 5 heterocycles. The monoisotopic (exact) mass is 1240 g/mol. The van der Waals surface area contributed by atoms with Gasteiger partial charge in [0, 0.05) is 147 Å². The molecule has 1 atom stereocenters. The van der Waals surface area contributed by atoms with E-state index in [-0.39, 0.29) is 24.8 Å². The van der Waals surface area contributed by atoms with Gasteiger partial charge in [-0.3, -0.25) is 14.6 Å². The molecule has 0 saturated carbocycles. The molecule has 2 amide bonds. The number of aliphatic hydroxyl groups excluding tert-OH is 2. The smallest absolute Gasteiger partial charge is 0.419 e. The Hall–Kier alpha value is -5.46. The quantitative estimate of drug-likeness (QED) is 0.0249. The molecule has 80 heavy (non-hydrogen) atoms. The van der Waals surface area contributed by atoms with Gasteiger partial charge in [-0.2, -0.15) is 13.2 Å². The number of aldehydes is 1. The summed E-state index contributed by atoms with van der Waals surface area (Å²) in [5.41, 5.74) is 3.18. The summed E-state index contributed by atoms with van der Waals surface area (Å²) in [5, 5.41) is 31.6. The maximum atomic E-state index is 13.4. The van der Waals surface area contributed by atoms with Crippen molar-refractivity contribution in [2.45, 2.75) is 64.1 Å². The Kier molecular flexibility index (Phi) is 22.4. The first kappa shape index (κ1) is 60.6. The number of aliphatic hydroxyl groups is 2. The first-order valence-corrected chi connectivity index (χ1v) is 29.1. The molecule has 432 valence electrons. The standard InChI is InChI=1S/C40H53Br2N9O3.C18H20F4N2O2/c41-31-4-6-37-35(22-31)36-23-32(42)5-7-38(36)51(37)28-34(53)27-48-16-14-46(15-17-48)11-3-1-2-10-43-40(54)50-20-18-47(19-21-50)26-30-8-12-49(13-9-30)39-25-44-33(29-52)24-45-39;1-23-14-3-5-17(13(9-14)10-24-6-7-25)26-11-12-2-4-16(19)15(8-12)18(20,21)22/h4-7,22-25,29-30,34,53H,1-3,8-21,26-28H2,(H,43,54);2-5,8-9,23-25H,6-7,10-11H2,1H3. The van der Waals surface area contributed by atoms with Crippen LogP contribution in [0, 0.1) is 11.7 Å². The van der Waals surface area contributed by atoms with Crippen LogP contribution in [0.4, 0.5) is 33.9 Å². The second kappa shape index (κ2) is 29.5. The number of carbonyl (C=O) groups is 2. The Labute approximate surface area is 482 Å². The van der Waals surface area contributed by atoms with Crippen molar-refractivity contribution in [2.24, 2.45) is 5.92 Å². The van der Waals surface area contributed by atoms with Crippen molar-refractivity contribution >= 4 is 77.5 Å². The molecule has 2 aromatic heterocycles. The van der Waals surface area contributed by atoms with Crippen LogP contribution in [0.1, 0.15) is 59.3 Å². The average molecular weight is 1240 g/mol. The minimum atomic E-state index is -4.76. The molecule has 3 saturated heterocycles. The van der Waals surface area contributed by atoms with Gasteiger partial charge in [-0.15, -0.1) is 0 Å². The molecular formula is C58H73Br2F4N11O5. The third kappa shape index (κ3) is 17.1. The van der Waals surface area contributed by atoms with Crippen LogP contribution in [-0.2, 0) is 25.9 Å². The molecule has 5 N–H and O–H groups in total. The number of rotatable bonds is 22. The number of fused-ring (bicyclic) bond motifs is 3. The number of benzene rings is 4. The van der Waals surface area contributed by atoms with Gasteiger partial charge >= 0.3 is 12.2 Å². The van der Waals surface area contributed by atoms with Crippen molar-refractivity contribution in [3.05, 3.63) is 122 Å². The normalized spacial score (nSPS) is 16.4. The number of piperazine rings is 2. The van der Waals surface area contributed by atoms with Crippen molar-refractivity contribution in [3.63, 3.8) is 0 Å². The number of alkyl halides is 3. The molecule has 0 bridgehead atoms. The first-order valence-electron chi connectivity index (χ1n) is 27.6. The maximum Gasteiger partial charge on any atom is 0.419 e. The van der Waals surface area contributed by atoms with E-state index in [0.29, 0.717) is 43.5 Å². The molecule has 22 heteroatoms. The van der Waals surface area contributed by atoms with Gasteiger partial charge in [-0.1, -0.05) is 44.3 Å². The number of amides is 2. The molecule has 0 spiro atoms. The molecule has 16 nitrogen and oxygen atoms in total. The van der Waals surface area contributed by atoms with Crippen molar-refractivity contribution in [3.8, 4) is 5.75 Å². The van der Waals surface area contributed by atoms with Crippen LogP contribution in [0.2, 0.25) is 0 Å². The second-order valence-corrected chi connectivity index (χ2v) is 22.6. The zero-order chi connectivity index (χ0) is 56.6. The number of hydrogen-bond acceptors (Lipinski definition) is 13. The molecule has 6 aromatic rings. The van der Waals surface area contributed by atoms with E-state index in [9.17, 15) is 32.3 Å². The summed E-state index contributed by atoms with van der Waals surface area (Å²) in [6.07, 6.45) is 4.22. The number of aromatic nitrogens is 3. The molecular weight excluding hydrogens is 1170 g/mol. The van der Waals surface area contributed by atoms with Crippen LogP contribution in [0.15, 0.2) is 94.1 Å². The highest BCUT2D eigenvalue weighted by Gasteiger charge is 2.34. The van der Waals surface area contributed by atoms with E-state index in [1.54, 1.807) is 25.4 Å². The number of piperidine rings is 1. The number of urea groups is 1. The van der Waals surface area contributed by atoms with Crippen molar-refractivity contribution in [1.82, 2.24) is 44.8 Å². The van der Waals surface area contributed by atoms with E-state index in [0.717, 1.165) is 173 Å². The third-order valence-electron chi connectivity index (χ3n) is 15.1. The van der Waals surface area contributed by atoms with Crippen molar-refractivity contribution in [1.29, 1.82) is 0 Å². The molecule has 3 aliphatic heterocycles. The van der Waals surface area contributed by atoms with Crippen molar-refractivity contribution in [2.75, 3.05) is 122 Å². The number of hydrogen-bond donors (Lipinski definition) is 5. The minimum absolute atomic E-state index is 0.0162. The van der Waals surface area contributed by atoms with E-state index < -0.39 is 23.7 Å². The summed E-state index contributed by atoms with van der Waals surface area (Å²) in [4.78, 5) is 43.9. The fourth-order valence-corrected chi connectivity index (χ4v) is 11.4. The predicted octanol–water partition coefficient (Wildman–Crippen LogP) is 8.86. The third-order valence-corrected chi connectivity index (χ3v) is 16.1. The highest BCUT2D eigenvalue weighted by molar-refractivity contribution is 9.10. The fraction of sp³-hybridized carbons (Fsp3) is 0.483.